The molecule has 138 valence electrons. The molecule has 0 saturated carbocycles. The van der Waals surface area contributed by atoms with E-state index >= 15 is 0 Å². The molecule has 1 unspecified atom stereocenters. The number of nitrogens with two attached hydrogens (primary N) is 2. The van der Waals surface area contributed by atoms with Crippen molar-refractivity contribution in [1.82, 2.24) is 10.2 Å². The summed E-state index contributed by atoms with van der Waals surface area (Å²) in [5.74, 6) is -0.326. The van der Waals surface area contributed by atoms with Crippen molar-refractivity contribution in [3.63, 3.8) is 0 Å². The number of carbonyl (C=O) groups is 1. The number of hydrogen-bond acceptors (Lipinski definition) is 4. The number of hydrogen-bond donors (Lipinski definition) is 3. The third-order valence-electron chi connectivity index (χ3n) is 5.12. The molecule has 2 aromatic rings. The molecule has 1 heterocycles. The van der Waals surface area contributed by atoms with Crippen molar-refractivity contribution in [3.05, 3.63) is 59.7 Å². The summed E-state index contributed by atoms with van der Waals surface area (Å²) in [6, 6.07) is 15.2. The summed E-state index contributed by atoms with van der Waals surface area (Å²) in [6.07, 6.45) is 2.43. The first-order valence-corrected chi connectivity index (χ1v) is 9.27. The molecule has 1 fully saturated rings. The Kier molecular flexibility index (Phi) is 5.78. The number of nitrogens with one attached hydrogen (secondary N) is 1. The lowest BCUT2D eigenvalue weighted by Crippen LogP contribution is -2.38. The van der Waals surface area contributed by atoms with Gasteiger partial charge in [-0.1, -0.05) is 30.3 Å². The maximum absolute atomic E-state index is 12.9. The quantitative estimate of drug-likeness (QED) is 0.698. The SMILES string of the molecule is CC(C(=O)N[C@H](CN1CCCC1)c1cccc(N)c1)c1ccccc1N. The highest BCUT2D eigenvalue weighted by molar-refractivity contribution is 5.85. The average Bonchev–Trinajstić information content (AvgIpc) is 3.14. The fourth-order valence-corrected chi connectivity index (χ4v) is 3.58. The van der Waals surface area contributed by atoms with Gasteiger partial charge >= 0.3 is 0 Å². The van der Waals surface area contributed by atoms with E-state index in [1.54, 1.807) is 0 Å². The van der Waals surface area contributed by atoms with E-state index < -0.39 is 0 Å². The van der Waals surface area contributed by atoms with Gasteiger partial charge in [-0.15, -0.1) is 0 Å². The molecule has 2 aromatic carbocycles. The van der Waals surface area contributed by atoms with Gasteiger partial charge in [0.2, 0.25) is 5.91 Å². The fourth-order valence-electron chi connectivity index (χ4n) is 3.58. The molecule has 2 atom stereocenters. The lowest BCUT2D eigenvalue weighted by molar-refractivity contribution is -0.123. The molecule has 0 aliphatic carbocycles. The topological polar surface area (TPSA) is 84.4 Å². The maximum Gasteiger partial charge on any atom is 0.227 e. The van der Waals surface area contributed by atoms with Crippen LogP contribution in [0.15, 0.2) is 48.5 Å². The van der Waals surface area contributed by atoms with Gasteiger partial charge in [0, 0.05) is 17.9 Å². The van der Waals surface area contributed by atoms with Crippen molar-refractivity contribution in [2.75, 3.05) is 31.1 Å². The number of carbonyl (C=O) groups excluding carboxylic acids is 1. The summed E-state index contributed by atoms with van der Waals surface area (Å²) < 4.78 is 0. The smallest absolute Gasteiger partial charge is 0.227 e. The third kappa shape index (κ3) is 4.35. The molecule has 5 N–H and O–H groups in total. The number of nitrogens with zero attached hydrogens (tertiary/aromatic N) is 1. The van der Waals surface area contributed by atoms with Crippen molar-refractivity contribution in [3.8, 4) is 0 Å². The van der Waals surface area contributed by atoms with E-state index in [1.165, 1.54) is 12.8 Å². The van der Waals surface area contributed by atoms with Crippen LogP contribution < -0.4 is 16.8 Å². The molecule has 0 radical (unpaired) electrons. The minimum absolute atomic E-state index is 0.0190. The van der Waals surface area contributed by atoms with E-state index in [0.717, 1.165) is 30.8 Å². The van der Waals surface area contributed by atoms with E-state index in [2.05, 4.69) is 10.2 Å². The van der Waals surface area contributed by atoms with Crippen LogP contribution in [0.5, 0.6) is 0 Å². The maximum atomic E-state index is 12.9. The number of amides is 1. The first-order chi connectivity index (χ1) is 12.5. The Labute approximate surface area is 155 Å². The van der Waals surface area contributed by atoms with E-state index in [0.29, 0.717) is 11.4 Å². The fraction of sp³-hybridized carbons (Fsp3) is 0.381. The zero-order valence-electron chi connectivity index (χ0n) is 15.3. The van der Waals surface area contributed by atoms with E-state index in [4.69, 9.17) is 11.5 Å². The summed E-state index contributed by atoms with van der Waals surface area (Å²) >= 11 is 0. The summed E-state index contributed by atoms with van der Waals surface area (Å²) in [4.78, 5) is 15.3. The molecular formula is C21H28N4O. The Morgan fingerprint density at radius 2 is 1.85 bits per heavy atom. The molecule has 5 nitrogen and oxygen atoms in total. The normalized spacial score (nSPS) is 17.0. The number of benzene rings is 2. The molecule has 0 bridgehead atoms. The van der Waals surface area contributed by atoms with Gasteiger partial charge in [0.05, 0.1) is 12.0 Å². The Morgan fingerprint density at radius 3 is 2.54 bits per heavy atom. The number of nitrogen functional groups attached to an aromatic ring is 2. The standard InChI is InChI=1S/C21H28N4O/c1-15(18-9-2-3-10-19(18)23)21(26)24-20(14-25-11-4-5-12-25)16-7-6-8-17(22)13-16/h2-3,6-10,13,15,20H,4-5,11-12,14,22-23H2,1H3,(H,24,26)/t15?,20-/m1/s1. The molecule has 1 amide bonds. The Morgan fingerprint density at radius 1 is 1.12 bits per heavy atom. The summed E-state index contributed by atoms with van der Waals surface area (Å²) in [5, 5.41) is 3.22. The summed E-state index contributed by atoms with van der Waals surface area (Å²) in [7, 11) is 0. The molecule has 26 heavy (non-hydrogen) atoms. The van der Waals surface area contributed by atoms with Gasteiger partial charge in [0.25, 0.3) is 0 Å². The van der Waals surface area contributed by atoms with Gasteiger partial charge in [-0.3, -0.25) is 4.79 Å². The predicted molar refractivity (Wildman–Crippen MR) is 107 cm³/mol. The molecule has 0 spiro atoms. The second kappa shape index (κ2) is 8.23. The molecular weight excluding hydrogens is 324 g/mol. The van der Waals surface area contributed by atoms with Crippen molar-refractivity contribution >= 4 is 17.3 Å². The van der Waals surface area contributed by atoms with Gasteiger partial charge in [0.15, 0.2) is 0 Å². The van der Waals surface area contributed by atoms with Crippen LogP contribution >= 0.6 is 0 Å². The van der Waals surface area contributed by atoms with Crippen LogP contribution in [0, 0.1) is 0 Å². The second-order valence-electron chi connectivity index (χ2n) is 7.09. The zero-order chi connectivity index (χ0) is 18.5. The van der Waals surface area contributed by atoms with Gasteiger partial charge in [-0.05, 0) is 62.2 Å². The van der Waals surface area contributed by atoms with Crippen LogP contribution in [-0.4, -0.2) is 30.4 Å². The van der Waals surface area contributed by atoms with E-state index in [-0.39, 0.29) is 17.9 Å². The van der Waals surface area contributed by atoms with Gasteiger partial charge in [-0.2, -0.15) is 0 Å². The van der Waals surface area contributed by atoms with E-state index in [1.807, 2.05) is 55.5 Å². The summed E-state index contributed by atoms with van der Waals surface area (Å²) in [5.41, 5.74) is 15.3. The monoisotopic (exact) mass is 352 g/mol. The van der Waals surface area contributed by atoms with Gasteiger partial charge in [-0.25, -0.2) is 0 Å². The lowest BCUT2D eigenvalue weighted by Gasteiger charge is -2.26. The van der Waals surface area contributed by atoms with Crippen molar-refractivity contribution in [2.24, 2.45) is 0 Å². The Hall–Kier alpha value is -2.53. The number of likely N-dealkylation sites (tertiary alicyclic amines) is 1. The van der Waals surface area contributed by atoms with Crippen LogP contribution in [0.3, 0.4) is 0 Å². The van der Waals surface area contributed by atoms with Crippen LogP contribution in [0.25, 0.3) is 0 Å². The Bertz CT molecular complexity index is 755. The first-order valence-electron chi connectivity index (χ1n) is 9.27. The van der Waals surface area contributed by atoms with Crippen LogP contribution in [0.2, 0.25) is 0 Å². The molecule has 1 aliphatic heterocycles. The third-order valence-corrected chi connectivity index (χ3v) is 5.12. The van der Waals surface area contributed by atoms with Crippen LogP contribution in [0.1, 0.15) is 42.9 Å². The number of para-hydroxylation sites is 1. The highest BCUT2D eigenvalue weighted by Crippen LogP contribution is 2.25. The minimum Gasteiger partial charge on any atom is -0.399 e. The van der Waals surface area contributed by atoms with Crippen LogP contribution in [0.4, 0.5) is 11.4 Å². The number of anilines is 2. The van der Waals surface area contributed by atoms with Crippen molar-refractivity contribution in [1.29, 1.82) is 0 Å². The van der Waals surface area contributed by atoms with Gasteiger partial charge in [0.1, 0.15) is 0 Å². The average molecular weight is 352 g/mol. The Balaban J connectivity index is 1.78. The van der Waals surface area contributed by atoms with E-state index in [9.17, 15) is 4.79 Å². The molecule has 1 aliphatic rings. The van der Waals surface area contributed by atoms with Crippen molar-refractivity contribution in [2.45, 2.75) is 31.7 Å². The number of rotatable bonds is 6. The lowest BCUT2D eigenvalue weighted by atomic mass is 9.97. The largest absolute Gasteiger partial charge is 0.399 e. The molecule has 0 aromatic heterocycles. The highest BCUT2D eigenvalue weighted by Gasteiger charge is 2.24. The second-order valence-corrected chi connectivity index (χ2v) is 7.09. The van der Waals surface area contributed by atoms with Crippen LogP contribution in [-0.2, 0) is 4.79 Å². The molecule has 1 saturated heterocycles. The summed E-state index contributed by atoms with van der Waals surface area (Å²) in [6.45, 7) is 4.85. The highest BCUT2D eigenvalue weighted by atomic mass is 16.1. The van der Waals surface area contributed by atoms with Crippen molar-refractivity contribution < 1.29 is 4.79 Å². The minimum atomic E-state index is -0.307. The zero-order valence-corrected chi connectivity index (χ0v) is 15.3. The predicted octanol–water partition coefficient (Wildman–Crippen LogP) is 2.91. The molecule has 3 rings (SSSR count). The molecule has 5 heteroatoms. The first kappa shape index (κ1) is 18.3. The van der Waals surface area contributed by atoms with Gasteiger partial charge < -0.3 is 21.7 Å².